The van der Waals surface area contributed by atoms with Crippen molar-refractivity contribution in [1.29, 1.82) is 0 Å². The first-order chi connectivity index (χ1) is 21.7. The largest absolute Gasteiger partial charge is 2.00 e. The number of rotatable bonds is 8. The summed E-state index contributed by atoms with van der Waals surface area (Å²) in [5, 5.41) is 10.1. The third-order valence-electron chi connectivity index (χ3n) is 9.58. The Hall–Kier alpha value is -0.213. The van der Waals surface area contributed by atoms with Gasteiger partial charge in [-0.05, 0) is 102 Å². The molecule has 4 rings (SSSR count). The van der Waals surface area contributed by atoms with E-state index in [4.69, 9.17) is 20.6 Å². The normalized spacial score (nSPS) is 20.1. The molecule has 0 aromatic carbocycles. The molecular formula is C38H74N6Zn2. The summed E-state index contributed by atoms with van der Waals surface area (Å²) in [5.74, 6) is 2.13. The Labute approximate surface area is 313 Å². The van der Waals surface area contributed by atoms with Crippen LogP contribution in [0.4, 0.5) is 0 Å². The molecule has 46 heavy (non-hydrogen) atoms. The van der Waals surface area contributed by atoms with E-state index in [0.29, 0.717) is 24.2 Å². The van der Waals surface area contributed by atoms with Crippen molar-refractivity contribution < 1.29 is 39.0 Å². The fourth-order valence-electron chi connectivity index (χ4n) is 6.90. The Bertz CT molecular complexity index is 642. The predicted molar refractivity (Wildman–Crippen MR) is 197 cm³/mol. The molecule has 0 aromatic heterocycles. The van der Waals surface area contributed by atoms with E-state index in [1.54, 1.807) is 13.8 Å². The zero-order chi connectivity index (χ0) is 32.4. The van der Waals surface area contributed by atoms with E-state index in [0.717, 1.165) is 38.1 Å². The van der Waals surface area contributed by atoms with Gasteiger partial charge in [0.1, 0.15) is 0 Å². The van der Waals surface area contributed by atoms with Crippen LogP contribution in [0.2, 0.25) is 0 Å². The second kappa shape index (κ2) is 32.0. The Balaban J connectivity index is 0. The smallest absolute Gasteiger partial charge is 0.427 e. The van der Waals surface area contributed by atoms with Gasteiger partial charge < -0.3 is 44.3 Å². The van der Waals surface area contributed by atoms with E-state index in [1.165, 1.54) is 128 Å². The first-order valence-corrected chi connectivity index (χ1v) is 19.1. The standard InChI is InChI=1S/2C17H32N3.2C2H5.2Zn/c2*1-3-20(4-2)17(18-15-11-7-5-8-12-15)19-16-13-9-6-10-14-16;2*1-2;;/h2*15-16H,3-14H2,1-2H3;2*1H2,2H3;;/q4*-1;2*+2. The Kier molecular flexibility index (Phi) is 33.3. The van der Waals surface area contributed by atoms with Crippen LogP contribution < -0.4 is 0 Å². The zero-order valence-corrected chi connectivity index (χ0v) is 37.7. The van der Waals surface area contributed by atoms with Crippen molar-refractivity contribution in [1.82, 2.24) is 9.80 Å². The maximum Gasteiger partial charge on any atom is 2.00 e. The second-order valence-corrected chi connectivity index (χ2v) is 12.6. The van der Waals surface area contributed by atoms with Crippen molar-refractivity contribution >= 4 is 11.9 Å². The molecule has 4 saturated carbocycles. The summed E-state index contributed by atoms with van der Waals surface area (Å²) in [6.45, 7) is 23.0. The van der Waals surface area contributed by atoms with Gasteiger partial charge in [0, 0.05) is 11.9 Å². The number of aliphatic imine (C=N–C) groups is 2. The molecule has 0 N–H and O–H groups in total. The van der Waals surface area contributed by atoms with Gasteiger partial charge in [0.2, 0.25) is 0 Å². The molecule has 260 valence electrons. The topological polar surface area (TPSA) is 59.4 Å². The SMILES string of the molecule is CCN(CC)C(=NC1CCCCC1)[N-]C1CCCCC1.CCN(CC)C(=NC1CCCCC1)[N-]C1CCCCC1.[CH2-]C.[CH2-]C.[Zn+2].[Zn+2]. The molecule has 0 radical (unpaired) electrons. The Morgan fingerprint density at radius 3 is 0.935 bits per heavy atom. The summed E-state index contributed by atoms with van der Waals surface area (Å²) >= 11 is 0. The molecule has 0 heterocycles. The molecule has 0 unspecified atom stereocenters. The number of hydrogen-bond acceptors (Lipinski definition) is 2. The fraction of sp³-hybridized carbons (Fsp3) is 0.895. The van der Waals surface area contributed by atoms with Crippen LogP contribution in [0.3, 0.4) is 0 Å². The molecule has 0 aliphatic heterocycles. The van der Waals surface area contributed by atoms with E-state index >= 15 is 0 Å². The van der Waals surface area contributed by atoms with Crippen molar-refractivity contribution in [3.05, 3.63) is 24.5 Å². The third-order valence-corrected chi connectivity index (χ3v) is 9.58. The monoisotopic (exact) mass is 742 g/mol. The van der Waals surface area contributed by atoms with E-state index in [2.05, 4.69) is 51.3 Å². The predicted octanol–water partition coefficient (Wildman–Crippen LogP) is 11.1. The van der Waals surface area contributed by atoms with Crippen LogP contribution in [-0.2, 0) is 39.0 Å². The van der Waals surface area contributed by atoms with Crippen LogP contribution in [0.1, 0.15) is 170 Å². The molecule has 4 aliphatic rings. The third kappa shape index (κ3) is 19.7. The summed E-state index contributed by atoms with van der Waals surface area (Å²) in [6, 6.07) is 2.14. The number of hydrogen-bond donors (Lipinski definition) is 0. The summed E-state index contributed by atoms with van der Waals surface area (Å²) in [6.07, 6.45) is 26.5. The maximum absolute atomic E-state index is 5.05. The van der Waals surface area contributed by atoms with Gasteiger partial charge >= 0.3 is 39.0 Å². The first kappa shape index (κ1) is 47.9. The molecule has 0 aromatic rings. The van der Waals surface area contributed by atoms with Crippen LogP contribution in [0.15, 0.2) is 9.98 Å². The summed E-state index contributed by atoms with van der Waals surface area (Å²) in [4.78, 5) is 14.8. The van der Waals surface area contributed by atoms with Crippen molar-refractivity contribution in [3.63, 3.8) is 0 Å². The van der Waals surface area contributed by atoms with Crippen molar-refractivity contribution in [2.24, 2.45) is 9.98 Å². The van der Waals surface area contributed by atoms with Gasteiger partial charge in [0.25, 0.3) is 0 Å². The van der Waals surface area contributed by atoms with E-state index in [-0.39, 0.29) is 39.0 Å². The van der Waals surface area contributed by atoms with E-state index < -0.39 is 0 Å². The van der Waals surface area contributed by atoms with Crippen molar-refractivity contribution in [3.8, 4) is 0 Å². The van der Waals surface area contributed by atoms with Gasteiger partial charge in [-0.1, -0.05) is 105 Å². The Morgan fingerprint density at radius 2 is 0.696 bits per heavy atom. The summed E-state index contributed by atoms with van der Waals surface area (Å²) in [5.41, 5.74) is 0. The average molecular weight is 746 g/mol. The minimum absolute atomic E-state index is 0. The van der Waals surface area contributed by atoms with Crippen LogP contribution in [0, 0.1) is 13.8 Å². The number of guanidine groups is 2. The molecule has 0 bridgehead atoms. The van der Waals surface area contributed by atoms with Crippen LogP contribution >= 0.6 is 0 Å². The van der Waals surface area contributed by atoms with Gasteiger partial charge in [-0.15, -0.1) is 0 Å². The zero-order valence-electron chi connectivity index (χ0n) is 31.8. The molecule has 4 fully saturated rings. The van der Waals surface area contributed by atoms with Crippen LogP contribution in [0.5, 0.6) is 0 Å². The number of nitrogens with zero attached hydrogens (tertiary/aromatic N) is 6. The fourth-order valence-corrected chi connectivity index (χ4v) is 6.90. The molecular weight excluding hydrogens is 671 g/mol. The van der Waals surface area contributed by atoms with Crippen molar-refractivity contribution in [2.45, 2.75) is 194 Å². The second-order valence-electron chi connectivity index (χ2n) is 12.6. The quantitative estimate of drug-likeness (QED) is 0.107. The van der Waals surface area contributed by atoms with Crippen molar-refractivity contribution in [2.75, 3.05) is 26.2 Å². The minimum Gasteiger partial charge on any atom is -0.427 e. The van der Waals surface area contributed by atoms with Crippen LogP contribution in [-0.4, -0.2) is 72.1 Å². The van der Waals surface area contributed by atoms with Gasteiger partial charge in [-0.25, -0.2) is 0 Å². The van der Waals surface area contributed by atoms with Gasteiger partial charge in [-0.2, -0.15) is 13.8 Å². The average Bonchev–Trinajstić information content (AvgIpc) is 3.10. The van der Waals surface area contributed by atoms with E-state index in [9.17, 15) is 0 Å². The molecule has 4 aliphatic carbocycles. The summed E-state index contributed by atoms with van der Waals surface area (Å²) in [7, 11) is 0. The van der Waals surface area contributed by atoms with Gasteiger partial charge in [-0.3, -0.25) is 0 Å². The van der Waals surface area contributed by atoms with Crippen LogP contribution in [0.25, 0.3) is 10.6 Å². The van der Waals surface area contributed by atoms with Gasteiger partial charge in [0.05, 0.1) is 0 Å². The molecule has 0 atom stereocenters. The van der Waals surface area contributed by atoms with E-state index in [1.807, 2.05) is 0 Å². The molecule has 8 heteroatoms. The summed E-state index contributed by atoms with van der Waals surface area (Å²) < 4.78 is 0. The Morgan fingerprint density at radius 1 is 0.457 bits per heavy atom. The molecule has 0 spiro atoms. The molecule has 0 saturated heterocycles. The maximum atomic E-state index is 5.05. The van der Waals surface area contributed by atoms with Gasteiger partial charge in [0.15, 0.2) is 0 Å². The first-order valence-electron chi connectivity index (χ1n) is 19.1. The molecule has 0 amide bonds. The minimum atomic E-state index is 0. The molecule has 6 nitrogen and oxygen atoms in total.